The highest BCUT2D eigenvalue weighted by Crippen LogP contribution is 2.38. The molecule has 0 amide bonds. The number of hydrogen-bond donors (Lipinski definition) is 3. The van der Waals surface area contributed by atoms with E-state index < -0.39 is 36.3 Å². The van der Waals surface area contributed by atoms with Crippen molar-refractivity contribution in [3.8, 4) is 5.75 Å². The van der Waals surface area contributed by atoms with Gasteiger partial charge < -0.3 is 30.0 Å². The average Bonchev–Trinajstić information content (AvgIpc) is 3.33. The number of halogens is 3. The van der Waals surface area contributed by atoms with Gasteiger partial charge in [-0.1, -0.05) is 6.07 Å². The Labute approximate surface area is 184 Å². The van der Waals surface area contributed by atoms with Crippen molar-refractivity contribution in [2.45, 2.75) is 30.7 Å². The van der Waals surface area contributed by atoms with Gasteiger partial charge in [-0.05, 0) is 18.2 Å². The van der Waals surface area contributed by atoms with Crippen molar-refractivity contribution in [1.82, 2.24) is 19.5 Å². The fraction of sp³-hybridized carbons (Fsp3) is 0.286. The number of ether oxygens (including phenoxy) is 2. The van der Waals surface area contributed by atoms with Crippen molar-refractivity contribution in [3.05, 3.63) is 54.6 Å². The SMILES string of the molecule is Nc1ncnc2c1ccn2[C@@H]1O[C@H](COc2cc(C(F)(F)F)c3cccnc3c2)[C@@H](O)[C@H]1O. The molecule has 0 bridgehead atoms. The molecule has 1 fully saturated rings. The monoisotopic (exact) mass is 461 g/mol. The van der Waals surface area contributed by atoms with Crippen LogP contribution in [0.25, 0.3) is 21.9 Å². The number of rotatable bonds is 4. The van der Waals surface area contributed by atoms with Crippen LogP contribution in [0.3, 0.4) is 0 Å². The van der Waals surface area contributed by atoms with Crippen molar-refractivity contribution in [1.29, 1.82) is 0 Å². The standard InChI is InChI=1S/C21H18F3N5O4/c22-21(23,24)13-6-10(7-14-11(13)2-1-4-26-14)32-8-15-16(30)17(31)20(33-15)29-5-3-12-18(25)27-9-28-19(12)29/h1-7,9,15-17,20,30-31H,8H2,(H2,25,27,28)/t15-,16-,17-,20-/m1/s1. The fourth-order valence-corrected chi connectivity index (χ4v) is 3.95. The molecule has 4 N–H and O–H groups in total. The molecule has 0 aliphatic carbocycles. The van der Waals surface area contributed by atoms with Crippen LogP contribution in [0.2, 0.25) is 0 Å². The van der Waals surface area contributed by atoms with E-state index in [9.17, 15) is 23.4 Å². The van der Waals surface area contributed by atoms with Crippen molar-refractivity contribution in [2.75, 3.05) is 12.3 Å². The van der Waals surface area contributed by atoms with Crippen LogP contribution in [0, 0.1) is 0 Å². The van der Waals surface area contributed by atoms with Crippen LogP contribution in [0.4, 0.5) is 19.0 Å². The highest BCUT2D eigenvalue weighted by atomic mass is 19.4. The number of fused-ring (bicyclic) bond motifs is 2. The molecule has 1 aliphatic rings. The van der Waals surface area contributed by atoms with Gasteiger partial charge in [0.25, 0.3) is 0 Å². The minimum absolute atomic E-state index is 0.0502. The second kappa shape index (κ2) is 7.83. The number of nitrogens with zero attached hydrogens (tertiary/aromatic N) is 4. The second-order valence-electron chi connectivity index (χ2n) is 7.62. The van der Waals surface area contributed by atoms with Crippen LogP contribution in [0.15, 0.2) is 49.1 Å². The molecule has 12 heteroatoms. The molecule has 0 saturated carbocycles. The van der Waals surface area contributed by atoms with E-state index in [4.69, 9.17) is 15.2 Å². The molecule has 5 rings (SSSR count). The van der Waals surface area contributed by atoms with Crippen LogP contribution in [0.5, 0.6) is 5.75 Å². The van der Waals surface area contributed by atoms with Crippen LogP contribution >= 0.6 is 0 Å². The normalized spacial score (nSPS) is 23.4. The lowest BCUT2D eigenvalue weighted by Crippen LogP contribution is -2.34. The van der Waals surface area contributed by atoms with E-state index in [1.54, 1.807) is 12.3 Å². The second-order valence-corrected chi connectivity index (χ2v) is 7.62. The number of aromatic nitrogens is 4. The third kappa shape index (κ3) is 3.71. The molecule has 9 nitrogen and oxygen atoms in total. The molecule has 1 aromatic carbocycles. The number of nitrogens with two attached hydrogens (primary N) is 1. The molecule has 4 atom stereocenters. The molecule has 0 spiro atoms. The maximum atomic E-state index is 13.5. The van der Waals surface area contributed by atoms with Crippen LogP contribution < -0.4 is 10.5 Å². The van der Waals surface area contributed by atoms with Gasteiger partial charge in [-0.15, -0.1) is 0 Å². The van der Waals surface area contributed by atoms with Crippen LogP contribution in [-0.2, 0) is 10.9 Å². The highest BCUT2D eigenvalue weighted by molar-refractivity contribution is 5.86. The van der Waals surface area contributed by atoms with Crippen LogP contribution in [-0.4, -0.2) is 54.7 Å². The lowest BCUT2D eigenvalue weighted by molar-refractivity contribution is -0.136. The summed E-state index contributed by atoms with van der Waals surface area (Å²) in [5.41, 5.74) is 5.46. The van der Waals surface area contributed by atoms with Gasteiger partial charge in [0.1, 0.15) is 48.5 Å². The van der Waals surface area contributed by atoms with Gasteiger partial charge in [0, 0.05) is 23.8 Å². The Morgan fingerprint density at radius 1 is 1.09 bits per heavy atom. The van der Waals surface area contributed by atoms with Crippen molar-refractivity contribution < 1.29 is 32.9 Å². The number of pyridine rings is 1. The first-order chi connectivity index (χ1) is 15.7. The number of anilines is 1. The molecule has 4 heterocycles. The lowest BCUT2D eigenvalue weighted by atomic mass is 10.1. The molecule has 0 unspecified atom stereocenters. The Bertz CT molecular complexity index is 1330. The summed E-state index contributed by atoms with van der Waals surface area (Å²) in [7, 11) is 0. The minimum atomic E-state index is -4.61. The van der Waals surface area contributed by atoms with Gasteiger partial charge >= 0.3 is 6.18 Å². The zero-order valence-corrected chi connectivity index (χ0v) is 16.8. The predicted octanol–water partition coefficient (Wildman–Crippen LogP) is 2.28. The summed E-state index contributed by atoms with van der Waals surface area (Å²) in [6, 6.07) is 6.65. The zero-order valence-electron chi connectivity index (χ0n) is 16.8. The van der Waals surface area contributed by atoms with Gasteiger partial charge in [-0.2, -0.15) is 13.2 Å². The zero-order chi connectivity index (χ0) is 23.3. The van der Waals surface area contributed by atoms with E-state index >= 15 is 0 Å². The van der Waals surface area contributed by atoms with Gasteiger partial charge in [0.15, 0.2) is 6.23 Å². The number of benzene rings is 1. The molecule has 0 radical (unpaired) electrons. The fourth-order valence-electron chi connectivity index (χ4n) is 3.95. The summed E-state index contributed by atoms with van der Waals surface area (Å²) in [6.07, 6.45) is -5.09. The molecule has 4 aromatic rings. The summed E-state index contributed by atoms with van der Waals surface area (Å²) >= 11 is 0. The molecule has 1 saturated heterocycles. The smallest absolute Gasteiger partial charge is 0.417 e. The molecule has 1 aliphatic heterocycles. The maximum Gasteiger partial charge on any atom is 0.417 e. The highest BCUT2D eigenvalue weighted by Gasteiger charge is 2.44. The Kier molecular flexibility index (Phi) is 5.07. The molecule has 3 aromatic heterocycles. The number of alkyl halides is 3. The third-order valence-corrected chi connectivity index (χ3v) is 5.57. The largest absolute Gasteiger partial charge is 0.491 e. The van der Waals surface area contributed by atoms with Gasteiger partial charge in [-0.25, -0.2) is 9.97 Å². The quantitative estimate of drug-likeness (QED) is 0.422. The van der Waals surface area contributed by atoms with Gasteiger partial charge in [0.2, 0.25) is 0 Å². The van der Waals surface area contributed by atoms with Gasteiger partial charge in [-0.3, -0.25) is 4.98 Å². The topological polar surface area (TPSA) is 129 Å². The average molecular weight is 461 g/mol. The number of aliphatic hydroxyl groups is 2. The van der Waals surface area contributed by atoms with E-state index in [0.29, 0.717) is 11.0 Å². The van der Waals surface area contributed by atoms with E-state index in [-0.39, 0.29) is 29.1 Å². The number of hydrogen-bond acceptors (Lipinski definition) is 8. The minimum Gasteiger partial charge on any atom is -0.491 e. The Balaban J connectivity index is 1.38. The molecule has 33 heavy (non-hydrogen) atoms. The van der Waals surface area contributed by atoms with Crippen molar-refractivity contribution in [3.63, 3.8) is 0 Å². The van der Waals surface area contributed by atoms with E-state index in [1.807, 2.05) is 0 Å². The van der Waals surface area contributed by atoms with Crippen molar-refractivity contribution >= 4 is 27.8 Å². The molecule has 172 valence electrons. The lowest BCUT2D eigenvalue weighted by Gasteiger charge is -2.18. The van der Waals surface area contributed by atoms with Gasteiger partial charge in [0.05, 0.1) is 16.5 Å². The maximum absolute atomic E-state index is 13.5. The first kappa shape index (κ1) is 21.4. The summed E-state index contributed by atoms with van der Waals surface area (Å²) in [6.45, 7) is -0.305. The van der Waals surface area contributed by atoms with E-state index in [1.165, 1.54) is 35.3 Å². The first-order valence-corrected chi connectivity index (χ1v) is 9.91. The summed E-state index contributed by atoms with van der Waals surface area (Å²) < 4.78 is 53.4. The number of nitrogen functional groups attached to an aromatic ring is 1. The summed E-state index contributed by atoms with van der Waals surface area (Å²) in [5.74, 6) is 0.159. The van der Waals surface area contributed by atoms with Crippen molar-refractivity contribution in [2.24, 2.45) is 0 Å². The van der Waals surface area contributed by atoms with E-state index in [0.717, 1.165) is 6.07 Å². The molecular formula is C21H18F3N5O4. The Morgan fingerprint density at radius 2 is 1.91 bits per heavy atom. The number of aliphatic hydroxyl groups excluding tert-OH is 2. The van der Waals surface area contributed by atoms with E-state index in [2.05, 4.69) is 15.0 Å². The third-order valence-electron chi connectivity index (χ3n) is 5.57. The van der Waals surface area contributed by atoms with Crippen LogP contribution in [0.1, 0.15) is 11.8 Å². The Morgan fingerprint density at radius 3 is 2.70 bits per heavy atom. The predicted molar refractivity (Wildman–Crippen MR) is 110 cm³/mol. The summed E-state index contributed by atoms with van der Waals surface area (Å²) in [4.78, 5) is 12.0. The Hall–Kier alpha value is -3.48. The first-order valence-electron chi connectivity index (χ1n) is 9.91. The molecular weight excluding hydrogens is 443 g/mol. The summed E-state index contributed by atoms with van der Waals surface area (Å²) in [5, 5.41) is 21.5.